The normalized spacial score (nSPS) is 21.2. The molecule has 0 heterocycles. The van der Waals surface area contributed by atoms with Crippen molar-refractivity contribution in [3.05, 3.63) is 0 Å². The number of nitrogens with one attached hydrogen (secondary N) is 1. The fraction of sp³-hybridized carbons (Fsp3) is 1.00. The Morgan fingerprint density at radius 2 is 1.94 bits per heavy atom. The number of hydrogen-bond acceptors (Lipinski definition) is 3. The number of rotatable bonds is 8. The van der Waals surface area contributed by atoms with E-state index in [1.165, 1.54) is 25.7 Å². The molecule has 2 unspecified atom stereocenters. The van der Waals surface area contributed by atoms with Gasteiger partial charge in [0.25, 0.3) is 0 Å². The van der Waals surface area contributed by atoms with Crippen LogP contribution in [0, 0.1) is 0 Å². The van der Waals surface area contributed by atoms with Crippen LogP contribution in [-0.4, -0.2) is 38.5 Å². The van der Waals surface area contributed by atoms with Crippen LogP contribution in [0.1, 0.15) is 46.0 Å². The van der Waals surface area contributed by atoms with Crippen LogP contribution >= 0.6 is 0 Å². The zero-order valence-electron chi connectivity index (χ0n) is 11.0. The molecule has 0 spiro atoms. The Balaban J connectivity index is 1.91. The summed E-state index contributed by atoms with van der Waals surface area (Å²) in [6.07, 6.45) is 7.16. The van der Waals surface area contributed by atoms with Crippen molar-refractivity contribution in [2.75, 3.05) is 20.3 Å². The van der Waals surface area contributed by atoms with Gasteiger partial charge in [-0.25, -0.2) is 0 Å². The molecule has 2 atom stereocenters. The Labute approximate surface area is 99.9 Å². The van der Waals surface area contributed by atoms with Crippen molar-refractivity contribution in [2.45, 2.75) is 64.2 Å². The van der Waals surface area contributed by atoms with Gasteiger partial charge in [-0.3, -0.25) is 0 Å². The summed E-state index contributed by atoms with van der Waals surface area (Å²) in [5.41, 5.74) is 0. The predicted molar refractivity (Wildman–Crippen MR) is 66.8 cm³/mol. The predicted octanol–water partition coefficient (Wildman–Crippen LogP) is 2.35. The summed E-state index contributed by atoms with van der Waals surface area (Å²) in [7, 11) is 1.76. The van der Waals surface area contributed by atoms with E-state index in [0.717, 1.165) is 19.6 Å². The lowest BCUT2D eigenvalue weighted by atomic mass is 10.2. The average molecular weight is 229 g/mol. The largest absolute Gasteiger partial charge is 0.380 e. The zero-order chi connectivity index (χ0) is 11.8. The van der Waals surface area contributed by atoms with Crippen LogP contribution in [0.2, 0.25) is 0 Å². The lowest BCUT2D eigenvalue weighted by Crippen LogP contribution is -2.37. The summed E-state index contributed by atoms with van der Waals surface area (Å²) >= 11 is 0. The first-order valence-corrected chi connectivity index (χ1v) is 6.62. The van der Waals surface area contributed by atoms with E-state index in [1.54, 1.807) is 7.11 Å². The highest BCUT2D eigenvalue weighted by molar-refractivity contribution is 4.68. The van der Waals surface area contributed by atoms with Crippen molar-refractivity contribution in [1.82, 2.24) is 5.32 Å². The molecule has 96 valence electrons. The van der Waals surface area contributed by atoms with Gasteiger partial charge in [0.1, 0.15) is 0 Å². The molecular weight excluding hydrogens is 202 g/mol. The first kappa shape index (κ1) is 13.9. The maximum atomic E-state index is 5.80. The monoisotopic (exact) mass is 229 g/mol. The third-order valence-electron chi connectivity index (χ3n) is 3.52. The van der Waals surface area contributed by atoms with Crippen LogP contribution in [0.25, 0.3) is 0 Å². The lowest BCUT2D eigenvalue weighted by molar-refractivity contribution is 0.0539. The molecule has 0 radical (unpaired) electrons. The Kier molecular flexibility index (Phi) is 7.01. The van der Waals surface area contributed by atoms with E-state index in [1.807, 2.05) is 0 Å². The van der Waals surface area contributed by atoms with Crippen molar-refractivity contribution in [2.24, 2.45) is 0 Å². The molecule has 1 aliphatic carbocycles. The molecular formula is C13H27NO2. The van der Waals surface area contributed by atoms with E-state index in [9.17, 15) is 0 Å². The van der Waals surface area contributed by atoms with Crippen LogP contribution < -0.4 is 5.32 Å². The number of hydrogen-bond donors (Lipinski definition) is 1. The first-order valence-electron chi connectivity index (χ1n) is 6.62. The van der Waals surface area contributed by atoms with Crippen molar-refractivity contribution < 1.29 is 9.47 Å². The first-order chi connectivity index (χ1) is 7.74. The molecule has 3 heteroatoms. The second-order valence-corrected chi connectivity index (χ2v) is 4.81. The second-order valence-electron chi connectivity index (χ2n) is 4.81. The summed E-state index contributed by atoms with van der Waals surface area (Å²) in [5, 5.41) is 3.45. The number of ether oxygens (including phenoxy) is 2. The minimum absolute atomic E-state index is 0.274. The SMILES string of the molecule is COC(C)C(C)NCCCOC1CCCC1. The van der Waals surface area contributed by atoms with Gasteiger partial charge in [0.15, 0.2) is 0 Å². The van der Waals surface area contributed by atoms with Crippen LogP contribution in [0.4, 0.5) is 0 Å². The highest BCUT2D eigenvalue weighted by atomic mass is 16.5. The van der Waals surface area contributed by atoms with Crippen molar-refractivity contribution >= 4 is 0 Å². The van der Waals surface area contributed by atoms with E-state index in [4.69, 9.17) is 9.47 Å². The molecule has 0 aliphatic heterocycles. The van der Waals surface area contributed by atoms with Gasteiger partial charge in [-0.15, -0.1) is 0 Å². The van der Waals surface area contributed by atoms with Gasteiger partial charge in [-0.1, -0.05) is 12.8 Å². The maximum absolute atomic E-state index is 5.80. The van der Waals surface area contributed by atoms with Crippen LogP contribution in [0.5, 0.6) is 0 Å². The molecule has 16 heavy (non-hydrogen) atoms. The van der Waals surface area contributed by atoms with E-state index >= 15 is 0 Å². The minimum atomic E-state index is 0.274. The molecule has 0 bridgehead atoms. The molecule has 1 rings (SSSR count). The van der Waals surface area contributed by atoms with Gasteiger partial charge < -0.3 is 14.8 Å². The molecule has 1 saturated carbocycles. The molecule has 3 nitrogen and oxygen atoms in total. The summed E-state index contributed by atoms with van der Waals surface area (Å²) in [6.45, 7) is 6.16. The van der Waals surface area contributed by atoms with Crippen molar-refractivity contribution in [3.63, 3.8) is 0 Å². The van der Waals surface area contributed by atoms with Crippen LogP contribution in [-0.2, 0) is 9.47 Å². The maximum Gasteiger partial charge on any atom is 0.0693 e. The van der Waals surface area contributed by atoms with Gasteiger partial charge in [0.05, 0.1) is 12.2 Å². The molecule has 0 aromatic carbocycles. The van der Waals surface area contributed by atoms with E-state index in [-0.39, 0.29) is 6.10 Å². The quantitative estimate of drug-likeness (QED) is 0.648. The molecule has 0 aromatic rings. The van der Waals surface area contributed by atoms with Crippen LogP contribution in [0.3, 0.4) is 0 Å². The standard InChI is InChI=1S/C13H27NO2/c1-11(12(2)15-3)14-9-6-10-16-13-7-4-5-8-13/h11-14H,4-10H2,1-3H3. The molecule has 0 aromatic heterocycles. The van der Waals surface area contributed by atoms with E-state index in [0.29, 0.717) is 12.1 Å². The zero-order valence-corrected chi connectivity index (χ0v) is 11.0. The van der Waals surface area contributed by atoms with Crippen molar-refractivity contribution in [1.29, 1.82) is 0 Å². The Hall–Kier alpha value is -0.120. The van der Waals surface area contributed by atoms with Gasteiger partial charge in [0, 0.05) is 19.8 Å². The smallest absolute Gasteiger partial charge is 0.0693 e. The lowest BCUT2D eigenvalue weighted by Gasteiger charge is -2.20. The molecule has 1 fully saturated rings. The van der Waals surface area contributed by atoms with Gasteiger partial charge in [-0.2, -0.15) is 0 Å². The van der Waals surface area contributed by atoms with Gasteiger partial charge in [-0.05, 0) is 39.7 Å². The van der Waals surface area contributed by atoms with Crippen LogP contribution in [0.15, 0.2) is 0 Å². The van der Waals surface area contributed by atoms with Gasteiger partial charge >= 0.3 is 0 Å². The fourth-order valence-electron chi connectivity index (χ4n) is 2.08. The molecule has 0 saturated heterocycles. The van der Waals surface area contributed by atoms with E-state index < -0.39 is 0 Å². The average Bonchev–Trinajstić information content (AvgIpc) is 2.80. The Bertz CT molecular complexity index is 169. The topological polar surface area (TPSA) is 30.5 Å². The minimum Gasteiger partial charge on any atom is -0.380 e. The summed E-state index contributed by atoms with van der Waals surface area (Å²) < 4.78 is 11.1. The van der Waals surface area contributed by atoms with Crippen molar-refractivity contribution in [3.8, 4) is 0 Å². The van der Waals surface area contributed by atoms with Gasteiger partial charge in [0.2, 0.25) is 0 Å². The third kappa shape index (κ3) is 5.28. The summed E-state index contributed by atoms with van der Waals surface area (Å²) in [4.78, 5) is 0. The second kappa shape index (κ2) is 8.04. The number of methoxy groups -OCH3 is 1. The molecule has 1 aliphatic rings. The fourth-order valence-corrected chi connectivity index (χ4v) is 2.08. The summed E-state index contributed by atoms with van der Waals surface area (Å²) in [5.74, 6) is 0. The summed E-state index contributed by atoms with van der Waals surface area (Å²) in [6, 6.07) is 0.413. The Morgan fingerprint density at radius 1 is 1.25 bits per heavy atom. The Morgan fingerprint density at radius 3 is 2.56 bits per heavy atom. The third-order valence-corrected chi connectivity index (χ3v) is 3.52. The highest BCUT2D eigenvalue weighted by Crippen LogP contribution is 2.20. The molecule has 1 N–H and O–H groups in total. The van der Waals surface area contributed by atoms with E-state index in [2.05, 4.69) is 19.2 Å². The molecule has 0 amide bonds. The highest BCUT2D eigenvalue weighted by Gasteiger charge is 2.14.